The van der Waals surface area contributed by atoms with Gasteiger partial charge in [-0.15, -0.1) is 8.78 Å². The standard InChI is InChI=1S/C13H16F2N2O3/c1-8(16)3-2-4-12(18)17-9-5-6-10-11(7-9)20-13(14,15)19-10/h5-8H,2-4,16H2,1H3,(H,17,18). The second-order valence-electron chi connectivity index (χ2n) is 4.75. The van der Waals surface area contributed by atoms with E-state index in [0.717, 1.165) is 6.42 Å². The first kappa shape index (κ1) is 14.5. The van der Waals surface area contributed by atoms with Crippen LogP contribution in [0.15, 0.2) is 18.2 Å². The van der Waals surface area contributed by atoms with Crippen molar-refractivity contribution >= 4 is 11.6 Å². The summed E-state index contributed by atoms with van der Waals surface area (Å²) in [6.45, 7) is 1.87. The van der Waals surface area contributed by atoms with Gasteiger partial charge in [-0.1, -0.05) is 0 Å². The van der Waals surface area contributed by atoms with Crippen LogP contribution in [0.3, 0.4) is 0 Å². The molecule has 5 nitrogen and oxygen atoms in total. The number of halogens is 2. The quantitative estimate of drug-likeness (QED) is 0.872. The number of fused-ring (bicyclic) bond motifs is 1. The number of nitrogens with two attached hydrogens (primary N) is 1. The van der Waals surface area contributed by atoms with Gasteiger partial charge in [0, 0.05) is 24.2 Å². The topological polar surface area (TPSA) is 73.6 Å². The monoisotopic (exact) mass is 286 g/mol. The second-order valence-corrected chi connectivity index (χ2v) is 4.75. The average Bonchev–Trinajstić information content (AvgIpc) is 2.61. The maximum absolute atomic E-state index is 12.8. The van der Waals surface area contributed by atoms with Crippen LogP contribution in [-0.4, -0.2) is 18.2 Å². The molecule has 1 unspecified atom stereocenters. The molecule has 0 fully saturated rings. The van der Waals surface area contributed by atoms with Crippen LogP contribution in [0, 0.1) is 0 Å². The highest BCUT2D eigenvalue weighted by molar-refractivity contribution is 5.91. The Labute approximate surface area is 115 Å². The minimum Gasteiger partial charge on any atom is -0.395 e. The summed E-state index contributed by atoms with van der Waals surface area (Å²) in [4.78, 5) is 11.6. The molecular weight excluding hydrogens is 270 g/mol. The molecule has 0 saturated carbocycles. The van der Waals surface area contributed by atoms with Crippen LogP contribution in [0.2, 0.25) is 0 Å². The molecule has 1 aromatic rings. The predicted octanol–water partition coefficient (Wildman–Crippen LogP) is 2.46. The highest BCUT2D eigenvalue weighted by Crippen LogP contribution is 2.42. The molecule has 7 heteroatoms. The summed E-state index contributed by atoms with van der Waals surface area (Å²) in [5.41, 5.74) is 5.97. The van der Waals surface area contributed by atoms with Crippen LogP contribution in [-0.2, 0) is 4.79 Å². The Bertz CT molecular complexity index is 506. The summed E-state index contributed by atoms with van der Waals surface area (Å²) in [6, 6.07) is 4.16. The summed E-state index contributed by atoms with van der Waals surface area (Å²) in [5, 5.41) is 2.61. The number of carbonyl (C=O) groups excluding carboxylic acids is 1. The number of carbonyl (C=O) groups is 1. The zero-order valence-corrected chi connectivity index (χ0v) is 11.0. The molecule has 20 heavy (non-hydrogen) atoms. The van der Waals surface area contributed by atoms with Crippen molar-refractivity contribution < 1.29 is 23.0 Å². The van der Waals surface area contributed by atoms with Crippen molar-refractivity contribution in [1.82, 2.24) is 0 Å². The van der Waals surface area contributed by atoms with Gasteiger partial charge in [0.05, 0.1) is 0 Å². The lowest BCUT2D eigenvalue weighted by Crippen LogP contribution is -2.25. The molecule has 1 aromatic carbocycles. The van der Waals surface area contributed by atoms with E-state index in [1.54, 1.807) is 0 Å². The van der Waals surface area contributed by atoms with Crippen LogP contribution >= 0.6 is 0 Å². The Morgan fingerprint density at radius 2 is 2.10 bits per heavy atom. The van der Waals surface area contributed by atoms with E-state index in [-0.39, 0.29) is 23.4 Å². The fourth-order valence-electron chi connectivity index (χ4n) is 1.83. The first-order valence-corrected chi connectivity index (χ1v) is 6.31. The number of alkyl halides is 2. The molecule has 0 spiro atoms. The normalized spacial score (nSPS) is 16.8. The van der Waals surface area contributed by atoms with Gasteiger partial charge in [-0.25, -0.2) is 0 Å². The highest BCUT2D eigenvalue weighted by atomic mass is 19.3. The molecule has 2 rings (SSSR count). The van der Waals surface area contributed by atoms with Crippen molar-refractivity contribution in [3.63, 3.8) is 0 Å². The van der Waals surface area contributed by atoms with Gasteiger partial charge in [0.1, 0.15) is 0 Å². The van der Waals surface area contributed by atoms with Crippen molar-refractivity contribution in [3.05, 3.63) is 18.2 Å². The third-order valence-electron chi connectivity index (χ3n) is 2.75. The number of rotatable bonds is 5. The molecule has 110 valence electrons. The lowest BCUT2D eigenvalue weighted by Gasteiger charge is -2.07. The van der Waals surface area contributed by atoms with Crippen LogP contribution in [0.25, 0.3) is 0 Å². The number of ether oxygens (including phenoxy) is 2. The second kappa shape index (κ2) is 5.62. The van der Waals surface area contributed by atoms with Crippen molar-refractivity contribution in [1.29, 1.82) is 0 Å². The van der Waals surface area contributed by atoms with E-state index in [4.69, 9.17) is 5.73 Å². The molecule has 3 N–H and O–H groups in total. The Morgan fingerprint density at radius 1 is 1.40 bits per heavy atom. The lowest BCUT2D eigenvalue weighted by molar-refractivity contribution is -0.286. The minimum absolute atomic E-state index is 0.0510. The van der Waals surface area contributed by atoms with Gasteiger partial charge >= 0.3 is 6.29 Å². The molecule has 1 atom stereocenters. The minimum atomic E-state index is -3.65. The van der Waals surface area contributed by atoms with Crippen molar-refractivity contribution in [2.24, 2.45) is 5.73 Å². The summed E-state index contributed by atoms with van der Waals surface area (Å²) in [7, 11) is 0. The summed E-state index contributed by atoms with van der Waals surface area (Å²) in [6.07, 6.45) is -1.90. The number of nitrogens with one attached hydrogen (secondary N) is 1. The molecule has 0 aromatic heterocycles. The Kier molecular flexibility index (Phi) is 4.08. The average molecular weight is 286 g/mol. The number of hydrogen-bond acceptors (Lipinski definition) is 4. The molecule has 1 amide bonds. The molecule has 1 aliphatic heterocycles. The SMILES string of the molecule is CC(N)CCCC(=O)Nc1ccc2c(c1)OC(F)(F)O2. The number of amides is 1. The fraction of sp³-hybridized carbons (Fsp3) is 0.462. The van der Waals surface area contributed by atoms with Gasteiger partial charge in [-0.05, 0) is 31.9 Å². The molecule has 0 bridgehead atoms. The first-order chi connectivity index (χ1) is 9.35. The van der Waals surface area contributed by atoms with Crippen LogP contribution < -0.4 is 20.5 Å². The highest BCUT2D eigenvalue weighted by Gasteiger charge is 2.43. The maximum atomic E-state index is 12.8. The van der Waals surface area contributed by atoms with Crippen molar-refractivity contribution in [2.75, 3.05) is 5.32 Å². The van der Waals surface area contributed by atoms with Crippen LogP contribution in [0.4, 0.5) is 14.5 Å². The van der Waals surface area contributed by atoms with E-state index in [1.807, 2.05) is 6.92 Å². The van der Waals surface area contributed by atoms with Crippen molar-refractivity contribution in [3.8, 4) is 11.5 Å². The molecule has 1 heterocycles. The third kappa shape index (κ3) is 3.80. The molecule has 0 saturated heterocycles. The van der Waals surface area contributed by atoms with Gasteiger partial charge in [0.25, 0.3) is 0 Å². The van der Waals surface area contributed by atoms with E-state index in [2.05, 4.69) is 14.8 Å². The summed E-state index contributed by atoms with van der Waals surface area (Å²) < 4.78 is 34.2. The van der Waals surface area contributed by atoms with Gasteiger partial charge in [-0.3, -0.25) is 4.79 Å². The lowest BCUT2D eigenvalue weighted by atomic mass is 10.1. The zero-order chi connectivity index (χ0) is 14.8. The van der Waals surface area contributed by atoms with Gasteiger partial charge in [0.15, 0.2) is 11.5 Å². The van der Waals surface area contributed by atoms with Gasteiger partial charge in [0.2, 0.25) is 5.91 Å². The summed E-state index contributed by atoms with van der Waals surface area (Å²) in [5.74, 6) is -0.343. The van der Waals surface area contributed by atoms with E-state index in [9.17, 15) is 13.6 Å². The van der Waals surface area contributed by atoms with Crippen LogP contribution in [0.5, 0.6) is 11.5 Å². The smallest absolute Gasteiger partial charge is 0.395 e. The number of anilines is 1. The van der Waals surface area contributed by atoms with E-state index in [0.29, 0.717) is 18.5 Å². The largest absolute Gasteiger partial charge is 0.586 e. The Hall–Kier alpha value is -1.89. The summed E-state index contributed by atoms with van der Waals surface area (Å²) >= 11 is 0. The van der Waals surface area contributed by atoms with Gasteiger partial charge in [-0.2, -0.15) is 0 Å². The first-order valence-electron chi connectivity index (χ1n) is 6.31. The Morgan fingerprint density at radius 3 is 2.80 bits per heavy atom. The van der Waals surface area contributed by atoms with E-state index in [1.165, 1.54) is 18.2 Å². The molecule has 0 radical (unpaired) electrons. The van der Waals surface area contributed by atoms with Gasteiger partial charge < -0.3 is 20.5 Å². The number of benzene rings is 1. The molecule has 0 aliphatic carbocycles. The molecule has 1 aliphatic rings. The van der Waals surface area contributed by atoms with Crippen molar-refractivity contribution in [2.45, 2.75) is 38.5 Å². The zero-order valence-electron chi connectivity index (χ0n) is 11.0. The molecular formula is C13H16F2N2O3. The number of hydrogen-bond donors (Lipinski definition) is 2. The Balaban J connectivity index is 1.90. The third-order valence-corrected chi connectivity index (χ3v) is 2.75. The fourth-order valence-corrected chi connectivity index (χ4v) is 1.83. The van der Waals surface area contributed by atoms with E-state index >= 15 is 0 Å². The van der Waals surface area contributed by atoms with Crippen LogP contribution in [0.1, 0.15) is 26.2 Å². The maximum Gasteiger partial charge on any atom is 0.586 e. The van der Waals surface area contributed by atoms with E-state index < -0.39 is 6.29 Å². The predicted molar refractivity (Wildman–Crippen MR) is 68.8 cm³/mol.